The van der Waals surface area contributed by atoms with Crippen molar-refractivity contribution in [3.05, 3.63) is 52.8 Å². The second kappa shape index (κ2) is 11.0. The fourth-order valence-corrected chi connectivity index (χ4v) is 5.84. The summed E-state index contributed by atoms with van der Waals surface area (Å²) in [4.78, 5) is 28.6. The lowest BCUT2D eigenvalue weighted by Gasteiger charge is -2.47. The molecule has 0 radical (unpaired) electrons. The van der Waals surface area contributed by atoms with E-state index in [1.165, 1.54) is 4.90 Å². The van der Waals surface area contributed by atoms with Gasteiger partial charge in [0.15, 0.2) is 11.7 Å². The first-order chi connectivity index (χ1) is 18.9. The van der Waals surface area contributed by atoms with E-state index >= 15 is 0 Å². The number of hydrogen-bond donors (Lipinski definition) is 4. The summed E-state index contributed by atoms with van der Waals surface area (Å²) in [6, 6.07) is 3.80. The number of fused-ring (bicyclic) bond motifs is 1. The fourth-order valence-electron chi connectivity index (χ4n) is 5.84. The number of carbonyl (C=O) groups is 2. The van der Waals surface area contributed by atoms with Crippen LogP contribution in [0.3, 0.4) is 0 Å². The maximum absolute atomic E-state index is 13.6. The minimum Gasteiger partial charge on any atom is -0.493 e. The number of allylic oxidation sites excluding steroid dienone is 2. The summed E-state index contributed by atoms with van der Waals surface area (Å²) < 4.78 is 11.8. The van der Waals surface area contributed by atoms with Gasteiger partial charge < -0.3 is 25.2 Å². The Morgan fingerprint density at radius 3 is 2.65 bits per heavy atom. The van der Waals surface area contributed by atoms with Crippen LogP contribution in [-0.4, -0.2) is 57.7 Å². The van der Waals surface area contributed by atoms with Gasteiger partial charge in [0.05, 0.1) is 25.1 Å². The molecule has 0 aliphatic carbocycles. The first kappa shape index (κ1) is 29.2. The summed E-state index contributed by atoms with van der Waals surface area (Å²) >= 11 is 0. The molecule has 0 aromatic heterocycles. The first-order valence-corrected chi connectivity index (χ1v) is 13.9. The number of amides is 2. The van der Waals surface area contributed by atoms with Crippen LogP contribution in [0.2, 0.25) is 0 Å². The zero-order valence-corrected chi connectivity index (χ0v) is 24.1. The summed E-state index contributed by atoms with van der Waals surface area (Å²) in [5.74, 6) is 2.76. The van der Waals surface area contributed by atoms with E-state index in [9.17, 15) is 14.7 Å². The summed E-state index contributed by atoms with van der Waals surface area (Å²) in [6.07, 6.45) is 9.88. The minimum absolute atomic E-state index is 0.0648. The number of hydrogen-bond acceptors (Lipinski definition) is 6. The first-order valence-electron chi connectivity index (χ1n) is 13.9. The van der Waals surface area contributed by atoms with Crippen molar-refractivity contribution in [3.8, 4) is 18.1 Å². The average Bonchev–Trinajstić information content (AvgIpc) is 2.92. The van der Waals surface area contributed by atoms with Crippen molar-refractivity contribution in [2.75, 3.05) is 6.61 Å². The maximum Gasteiger partial charge on any atom is 0.251 e. The number of terminal acetylenes is 1. The van der Waals surface area contributed by atoms with Gasteiger partial charge in [0.2, 0.25) is 5.91 Å². The summed E-state index contributed by atoms with van der Waals surface area (Å²) in [5, 5.41) is 26.1. The lowest BCUT2D eigenvalue weighted by Crippen LogP contribution is -2.63. The van der Waals surface area contributed by atoms with Crippen LogP contribution in [0.5, 0.6) is 5.75 Å². The summed E-state index contributed by atoms with van der Waals surface area (Å²) in [6.45, 7) is 11.6. The molecule has 3 heterocycles. The van der Waals surface area contributed by atoms with Crippen molar-refractivity contribution in [2.24, 2.45) is 5.92 Å². The Balaban J connectivity index is 1.68. The van der Waals surface area contributed by atoms with Gasteiger partial charge in [-0.3, -0.25) is 19.9 Å². The predicted octanol–water partition coefficient (Wildman–Crippen LogP) is 3.80. The molecule has 3 aliphatic heterocycles. The smallest absolute Gasteiger partial charge is 0.251 e. The van der Waals surface area contributed by atoms with Crippen molar-refractivity contribution in [2.45, 2.75) is 90.1 Å². The second-order valence-corrected chi connectivity index (χ2v) is 11.4. The van der Waals surface area contributed by atoms with Gasteiger partial charge in [-0.2, -0.15) is 0 Å². The molecular weight excluding hydrogens is 508 g/mol. The van der Waals surface area contributed by atoms with Crippen LogP contribution in [0.1, 0.15) is 82.8 Å². The standard InChI is InChI=1S/C31H40N4O5/c1-8-12-20-22(9-2)40-30(6,7)27(37)25(20)33-28(38)19-13-14-23-21(15-19)26(18(5)17-39-23)35-24(36)16-31(10-3,11-4)34-29(35)32/h2,8,12-15,18,25-27,37H,10-11,16-17H2,1,3-7H3,(H2,32,34)(H,33,38)/b12-8-/t18-,25+,26+,27-/m0/s1. The molecule has 0 saturated carbocycles. The second-order valence-electron chi connectivity index (χ2n) is 11.4. The number of nitrogens with zero attached hydrogens (tertiary/aromatic N) is 1. The SMILES string of the molecule is C#CC1=C(/C=C\C)[C@@H](NC(=O)c2ccc3c(c2)[C@H](N2C(=N)NC(CC)(CC)CC2=O)[C@@H](C)CO3)[C@H](O)C(C)(C)O1. The maximum atomic E-state index is 13.6. The van der Waals surface area contributed by atoms with Gasteiger partial charge in [-0.05, 0) is 57.7 Å². The van der Waals surface area contributed by atoms with Crippen molar-refractivity contribution >= 4 is 17.8 Å². The van der Waals surface area contributed by atoms with Crippen molar-refractivity contribution in [1.82, 2.24) is 15.5 Å². The number of aliphatic hydroxyl groups excluding tert-OH is 1. The van der Waals surface area contributed by atoms with E-state index in [2.05, 4.69) is 16.6 Å². The van der Waals surface area contributed by atoms with Crippen LogP contribution >= 0.6 is 0 Å². The summed E-state index contributed by atoms with van der Waals surface area (Å²) in [5.41, 5.74) is 0.0425. The third kappa shape index (κ3) is 5.08. The zero-order valence-electron chi connectivity index (χ0n) is 24.1. The van der Waals surface area contributed by atoms with E-state index in [0.717, 1.165) is 12.8 Å². The number of aliphatic hydroxyl groups is 1. The van der Waals surface area contributed by atoms with E-state index in [4.69, 9.17) is 21.3 Å². The lowest BCUT2D eigenvalue weighted by molar-refractivity contribution is -0.134. The highest BCUT2D eigenvalue weighted by atomic mass is 16.5. The van der Waals surface area contributed by atoms with Crippen LogP contribution in [-0.2, 0) is 9.53 Å². The molecular formula is C31H40N4O5. The number of ether oxygens (including phenoxy) is 2. The normalized spacial score (nSPS) is 27.3. The van der Waals surface area contributed by atoms with Crippen LogP contribution in [0.4, 0.5) is 0 Å². The van der Waals surface area contributed by atoms with Gasteiger partial charge in [-0.1, -0.05) is 32.9 Å². The molecule has 4 rings (SSSR count). The van der Waals surface area contributed by atoms with Gasteiger partial charge in [0, 0.05) is 28.2 Å². The highest BCUT2D eigenvalue weighted by Crippen LogP contribution is 2.42. The zero-order chi connectivity index (χ0) is 29.4. The Bertz CT molecular complexity index is 1280. The molecule has 4 N–H and O–H groups in total. The van der Waals surface area contributed by atoms with E-state index in [1.807, 2.05) is 27.7 Å². The lowest BCUT2D eigenvalue weighted by atomic mass is 9.84. The van der Waals surface area contributed by atoms with Crippen LogP contribution in [0.25, 0.3) is 0 Å². The molecule has 0 spiro atoms. The Labute approximate surface area is 236 Å². The number of carbonyl (C=O) groups excluding carboxylic acids is 2. The Kier molecular flexibility index (Phi) is 8.04. The van der Waals surface area contributed by atoms with Gasteiger partial charge in [-0.25, -0.2) is 0 Å². The molecule has 3 aliphatic rings. The molecule has 1 saturated heterocycles. The fraction of sp³-hybridized carbons (Fsp3) is 0.516. The quantitative estimate of drug-likeness (QED) is 0.401. The van der Waals surface area contributed by atoms with Crippen molar-refractivity contribution < 1.29 is 24.2 Å². The van der Waals surface area contributed by atoms with Gasteiger partial charge in [0.25, 0.3) is 5.91 Å². The van der Waals surface area contributed by atoms with Crippen molar-refractivity contribution in [1.29, 1.82) is 5.41 Å². The average molecular weight is 549 g/mol. The van der Waals surface area contributed by atoms with E-state index < -0.39 is 35.2 Å². The predicted molar refractivity (Wildman–Crippen MR) is 153 cm³/mol. The van der Waals surface area contributed by atoms with E-state index in [1.54, 1.807) is 44.2 Å². The molecule has 214 valence electrons. The monoisotopic (exact) mass is 548 g/mol. The molecule has 2 amide bonds. The molecule has 9 nitrogen and oxygen atoms in total. The van der Waals surface area contributed by atoms with Crippen molar-refractivity contribution in [3.63, 3.8) is 0 Å². The number of guanidine groups is 1. The van der Waals surface area contributed by atoms with Crippen LogP contribution < -0.4 is 15.4 Å². The molecule has 1 fully saturated rings. The Morgan fingerprint density at radius 1 is 1.35 bits per heavy atom. The molecule has 1 aromatic rings. The highest BCUT2D eigenvalue weighted by molar-refractivity contribution is 6.00. The molecule has 0 unspecified atom stereocenters. The van der Waals surface area contributed by atoms with Gasteiger partial charge >= 0.3 is 0 Å². The van der Waals surface area contributed by atoms with Crippen LogP contribution in [0, 0.1) is 23.7 Å². The topological polar surface area (TPSA) is 124 Å². The van der Waals surface area contributed by atoms with E-state index in [-0.39, 0.29) is 30.0 Å². The highest BCUT2D eigenvalue weighted by Gasteiger charge is 2.46. The molecule has 0 bridgehead atoms. The molecule has 4 atom stereocenters. The molecule has 1 aromatic carbocycles. The number of rotatable bonds is 6. The van der Waals surface area contributed by atoms with Gasteiger partial charge in [0.1, 0.15) is 17.5 Å². The van der Waals surface area contributed by atoms with Gasteiger partial charge in [-0.15, -0.1) is 6.42 Å². The Morgan fingerprint density at radius 2 is 2.05 bits per heavy atom. The third-order valence-electron chi connectivity index (χ3n) is 8.40. The number of benzene rings is 1. The van der Waals surface area contributed by atoms with E-state index in [0.29, 0.717) is 29.1 Å². The number of nitrogens with one attached hydrogen (secondary N) is 3. The van der Waals surface area contributed by atoms with Crippen LogP contribution in [0.15, 0.2) is 41.7 Å². The third-order valence-corrected chi connectivity index (χ3v) is 8.40. The largest absolute Gasteiger partial charge is 0.493 e. The minimum atomic E-state index is -1.07. The molecule has 40 heavy (non-hydrogen) atoms. The Hall–Kier alpha value is -3.77. The molecule has 9 heteroatoms. The summed E-state index contributed by atoms with van der Waals surface area (Å²) in [7, 11) is 0.